The molecule has 1 N–H and O–H groups in total. The fourth-order valence-corrected chi connectivity index (χ4v) is 6.09. The number of benzene rings is 2. The molecule has 0 amide bonds. The third kappa shape index (κ3) is 9.58. The number of ether oxygens (including phenoxy) is 2. The smallest absolute Gasteiger partial charge is 0.334 e. The maximum Gasteiger partial charge on any atom is 0.334 e. The zero-order valence-corrected chi connectivity index (χ0v) is 27.7. The van der Waals surface area contributed by atoms with Crippen LogP contribution in [0.1, 0.15) is 88.7 Å². The molecule has 2 aromatic carbocycles. The number of esters is 2. The van der Waals surface area contributed by atoms with E-state index in [2.05, 4.69) is 64.7 Å². The fourth-order valence-electron chi connectivity index (χ4n) is 6.09. The molecule has 1 aromatic heterocycles. The zero-order chi connectivity index (χ0) is 32.6. The predicted octanol–water partition coefficient (Wildman–Crippen LogP) is 7.96. The van der Waals surface area contributed by atoms with Gasteiger partial charge in [0, 0.05) is 42.0 Å². The van der Waals surface area contributed by atoms with Gasteiger partial charge < -0.3 is 19.0 Å². The molecular weight excluding hydrogens is 564 g/mol. The minimum Gasteiger partial charge on any atom is -0.461 e. The maximum atomic E-state index is 13.1. The van der Waals surface area contributed by atoms with Crippen molar-refractivity contribution in [2.45, 2.75) is 85.7 Å². The van der Waals surface area contributed by atoms with E-state index in [9.17, 15) is 9.59 Å². The highest BCUT2D eigenvalue weighted by Crippen LogP contribution is 2.50. The summed E-state index contributed by atoms with van der Waals surface area (Å²) in [4.78, 5) is 25.7. The molecule has 0 radical (unpaired) electrons. The Kier molecular flexibility index (Phi) is 11.7. The summed E-state index contributed by atoms with van der Waals surface area (Å²) in [7, 11) is 1.00. The number of fused-ring (bicyclic) bond motifs is 1. The van der Waals surface area contributed by atoms with Crippen LogP contribution in [0.2, 0.25) is 0 Å². The van der Waals surface area contributed by atoms with Crippen molar-refractivity contribution < 1.29 is 28.6 Å². The molecule has 1 aliphatic carbocycles. The van der Waals surface area contributed by atoms with Crippen molar-refractivity contribution in [3.05, 3.63) is 82.6 Å². The number of hydrogen-bond acceptors (Lipinski definition) is 6. The van der Waals surface area contributed by atoms with Gasteiger partial charge in [-0.25, -0.2) is 4.79 Å². The lowest BCUT2D eigenvalue weighted by molar-refractivity contribution is -0.157. The van der Waals surface area contributed by atoms with Crippen molar-refractivity contribution in [2.24, 2.45) is 23.2 Å². The van der Waals surface area contributed by atoms with Crippen LogP contribution in [-0.4, -0.2) is 36.9 Å². The lowest BCUT2D eigenvalue weighted by atomic mass is 9.86. The van der Waals surface area contributed by atoms with Crippen LogP contribution < -0.4 is 0 Å². The van der Waals surface area contributed by atoms with Crippen LogP contribution in [0.3, 0.4) is 0 Å². The summed E-state index contributed by atoms with van der Waals surface area (Å²) in [5.41, 5.74) is 4.03. The van der Waals surface area contributed by atoms with Crippen molar-refractivity contribution >= 4 is 22.9 Å². The Morgan fingerprint density at radius 2 is 1.64 bits per heavy atom. The first kappa shape index (κ1) is 34.1. The highest BCUT2D eigenvalue weighted by atomic mass is 16.6. The topological polar surface area (TPSA) is 86.0 Å². The molecule has 1 saturated carbocycles. The first-order chi connectivity index (χ1) is 21.6. The van der Waals surface area contributed by atoms with Crippen LogP contribution in [0, 0.1) is 41.9 Å². The quantitative estimate of drug-likeness (QED) is 0.134. The van der Waals surface area contributed by atoms with E-state index < -0.39 is 11.5 Å². The van der Waals surface area contributed by atoms with Gasteiger partial charge in [-0.15, -0.1) is 0 Å². The second kappa shape index (κ2) is 15.5. The Labute approximate surface area is 268 Å². The molecule has 2 aliphatic rings. The van der Waals surface area contributed by atoms with Gasteiger partial charge in [0.15, 0.2) is 0 Å². The van der Waals surface area contributed by atoms with Crippen LogP contribution in [0.25, 0.3) is 11.0 Å². The number of cyclic esters (lactones) is 1. The number of aliphatic hydroxyl groups excluding tert-OH is 1. The predicted molar refractivity (Wildman–Crippen MR) is 177 cm³/mol. The lowest BCUT2D eigenvalue weighted by Crippen LogP contribution is -2.26. The van der Waals surface area contributed by atoms with Gasteiger partial charge in [-0.05, 0) is 93.2 Å². The van der Waals surface area contributed by atoms with Gasteiger partial charge in [0.05, 0.1) is 5.41 Å². The average Bonchev–Trinajstić information content (AvgIpc) is 3.54. The third-order valence-electron chi connectivity index (χ3n) is 8.46. The highest BCUT2D eigenvalue weighted by Gasteiger charge is 2.52. The van der Waals surface area contributed by atoms with Crippen LogP contribution in [-0.2, 0) is 25.5 Å². The van der Waals surface area contributed by atoms with Crippen LogP contribution in [0.4, 0.5) is 0 Å². The standard InChI is InChI=1S/C38H44O5.CH4O/c1-25(2)18-30(19-26(3)4)12-14-31-21-34(43-36(31)39)24-41-37(40)38(16-17-38)23-33-22-32-20-29(13-15-35(32)42-33)11-10-28-8-6-27(5)7-9-28;1-2/h6-9,13-15,20,22,25-26,30,34H,12,16-19,21,23-24H2,1-5H3;2H,1H3/b31-14+;. The number of rotatable bonds is 11. The fraction of sp³-hybridized carbons (Fsp3) is 0.487. The Bertz CT molecular complexity index is 1530. The van der Waals surface area contributed by atoms with E-state index in [1.807, 2.05) is 36.4 Å². The Morgan fingerprint density at radius 3 is 2.29 bits per heavy atom. The molecule has 6 nitrogen and oxygen atoms in total. The summed E-state index contributed by atoms with van der Waals surface area (Å²) in [6.07, 6.45) is 7.33. The van der Waals surface area contributed by atoms with Crippen molar-refractivity contribution in [3.63, 3.8) is 0 Å². The number of furan rings is 1. The number of carbonyl (C=O) groups is 2. The molecule has 6 heteroatoms. The molecule has 0 spiro atoms. The van der Waals surface area contributed by atoms with Crippen molar-refractivity contribution in [1.29, 1.82) is 0 Å². The summed E-state index contributed by atoms with van der Waals surface area (Å²) in [5, 5.41) is 7.97. The SMILES string of the molecule is CO.Cc1ccc(C#Cc2ccc3oc(CC4(C(=O)OCC5C/C(=C\CC(CC(C)C)CC(C)C)C(=O)O5)CC4)cc3c2)cc1. The Hall–Kier alpha value is -3.82. The molecule has 1 aliphatic heterocycles. The molecule has 1 saturated heterocycles. The van der Waals surface area contributed by atoms with E-state index in [1.165, 1.54) is 5.56 Å². The van der Waals surface area contributed by atoms with Gasteiger partial charge in [0.25, 0.3) is 0 Å². The largest absolute Gasteiger partial charge is 0.461 e. The first-order valence-corrected chi connectivity index (χ1v) is 16.2. The van der Waals surface area contributed by atoms with Gasteiger partial charge >= 0.3 is 11.9 Å². The van der Waals surface area contributed by atoms with Crippen LogP contribution in [0.5, 0.6) is 0 Å². The molecular formula is C39H48O6. The molecule has 45 heavy (non-hydrogen) atoms. The first-order valence-electron chi connectivity index (χ1n) is 16.2. The summed E-state index contributed by atoms with van der Waals surface area (Å²) in [6.45, 7) is 11.1. The minimum atomic E-state index is -0.565. The Balaban J connectivity index is 0.00000226. The van der Waals surface area contributed by atoms with Crippen LogP contribution in [0.15, 0.2) is 64.6 Å². The second-order valence-electron chi connectivity index (χ2n) is 13.5. The summed E-state index contributed by atoms with van der Waals surface area (Å²) < 4.78 is 17.4. The average molecular weight is 613 g/mol. The molecule has 2 fully saturated rings. The molecule has 3 aromatic rings. The minimum absolute atomic E-state index is 0.0915. The molecule has 1 unspecified atom stereocenters. The monoisotopic (exact) mass is 612 g/mol. The van der Waals surface area contributed by atoms with E-state index in [0.29, 0.717) is 36.2 Å². The second-order valence-corrected chi connectivity index (χ2v) is 13.5. The van der Waals surface area contributed by atoms with Crippen molar-refractivity contribution in [2.75, 3.05) is 13.7 Å². The summed E-state index contributed by atoms with van der Waals surface area (Å²) in [5.74, 6) is 8.51. The van der Waals surface area contributed by atoms with E-state index in [4.69, 9.17) is 19.0 Å². The number of allylic oxidation sites excluding steroid dienone is 1. The van der Waals surface area contributed by atoms with Gasteiger partial charge in [-0.3, -0.25) is 4.79 Å². The molecule has 0 bridgehead atoms. The number of aryl methyl sites for hydroxylation is 1. The third-order valence-corrected chi connectivity index (χ3v) is 8.46. The highest BCUT2D eigenvalue weighted by molar-refractivity contribution is 5.90. The van der Waals surface area contributed by atoms with Gasteiger partial charge in [0.1, 0.15) is 24.1 Å². The summed E-state index contributed by atoms with van der Waals surface area (Å²) in [6, 6.07) is 16.1. The molecule has 1 atom stereocenters. The number of carbonyl (C=O) groups excluding carboxylic acids is 2. The molecule has 2 heterocycles. The van der Waals surface area contributed by atoms with E-state index >= 15 is 0 Å². The normalized spacial score (nSPS) is 17.7. The van der Waals surface area contributed by atoms with Gasteiger partial charge in [-0.1, -0.05) is 63.3 Å². The zero-order valence-electron chi connectivity index (χ0n) is 27.7. The lowest BCUT2D eigenvalue weighted by Gasteiger charge is -2.19. The number of aliphatic hydroxyl groups is 1. The number of hydrogen-bond donors (Lipinski definition) is 1. The maximum absolute atomic E-state index is 13.1. The van der Waals surface area contributed by atoms with Gasteiger partial charge in [-0.2, -0.15) is 0 Å². The molecule has 5 rings (SSSR count). The van der Waals surface area contributed by atoms with Crippen molar-refractivity contribution in [3.8, 4) is 11.8 Å². The van der Waals surface area contributed by atoms with Crippen molar-refractivity contribution in [1.82, 2.24) is 0 Å². The molecule has 240 valence electrons. The summed E-state index contributed by atoms with van der Waals surface area (Å²) >= 11 is 0. The van der Waals surface area contributed by atoms with E-state index in [-0.39, 0.29) is 18.5 Å². The Morgan fingerprint density at radius 1 is 1.00 bits per heavy atom. The van der Waals surface area contributed by atoms with Crippen LogP contribution >= 0.6 is 0 Å². The van der Waals surface area contributed by atoms with Gasteiger partial charge in [0.2, 0.25) is 0 Å². The van der Waals surface area contributed by atoms with E-state index in [1.54, 1.807) is 0 Å². The van der Waals surface area contributed by atoms with E-state index in [0.717, 1.165) is 67.1 Å².